The minimum atomic E-state index is -0.954. The van der Waals surface area contributed by atoms with E-state index in [1.165, 1.54) is 0 Å². The van der Waals surface area contributed by atoms with Gasteiger partial charge in [-0.15, -0.1) is 0 Å². The molecule has 2 heterocycles. The predicted molar refractivity (Wildman–Crippen MR) is 84.7 cm³/mol. The van der Waals surface area contributed by atoms with Crippen molar-refractivity contribution in [2.45, 2.75) is 26.7 Å². The standard InChI is InChI=1S/C16H21N3O2/c1-3-10-18(11-4-2)16-13(8-9-15(20)21)19-12-6-5-7-14(19)17-16/h5-9,12H,3-4,10-11H2,1-2H3,(H,20,21)/b9-8+. The van der Waals surface area contributed by atoms with Gasteiger partial charge in [0.15, 0.2) is 5.82 Å². The highest BCUT2D eigenvalue weighted by Crippen LogP contribution is 2.23. The number of hydrogen-bond donors (Lipinski definition) is 1. The molecule has 0 aliphatic heterocycles. The largest absolute Gasteiger partial charge is 0.478 e. The summed E-state index contributed by atoms with van der Waals surface area (Å²) < 4.78 is 1.92. The lowest BCUT2D eigenvalue weighted by Gasteiger charge is -2.21. The van der Waals surface area contributed by atoms with E-state index in [9.17, 15) is 4.79 Å². The fourth-order valence-corrected chi connectivity index (χ4v) is 2.40. The molecule has 0 radical (unpaired) electrons. The van der Waals surface area contributed by atoms with Gasteiger partial charge in [0.2, 0.25) is 0 Å². The van der Waals surface area contributed by atoms with Gasteiger partial charge < -0.3 is 10.0 Å². The highest BCUT2D eigenvalue weighted by Gasteiger charge is 2.15. The second kappa shape index (κ2) is 6.92. The van der Waals surface area contributed by atoms with Gasteiger partial charge in [0.25, 0.3) is 0 Å². The van der Waals surface area contributed by atoms with Crippen LogP contribution in [-0.4, -0.2) is 33.6 Å². The normalized spacial score (nSPS) is 11.3. The van der Waals surface area contributed by atoms with Crippen LogP contribution in [0.3, 0.4) is 0 Å². The van der Waals surface area contributed by atoms with Crippen molar-refractivity contribution in [1.29, 1.82) is 0 Å². The molecule has 0 saturated carbocycles. The molecule has 1 N–H and O–H groups in total. The molecule has 2 aromatic heterocycles. The van der Waals surface area contributed by atoms with E-state index in [1.807, 2.05) is 28.8 Å². The third-order valence-corrected chi connectivity index (χ3v) is 3.22. The lowest BCUT2D eigenvalue weighted by Crippen LogP contribution is -2.26. The molecule has 112 valence electrons. The molecule has 0 fully saturated rings. The highest BCUT2D eigenvalue weighted by molar-refractivity contribution is 5.86. The maximum atomic E-state index is 10.8. The number of carbonyl (C=O) groups is 1. The Bertz CT molecular complexity index is 640. The van der Waals surface area contributed by atoms with Crippen LogP contribution in [0.4, 0.5) is 5.82 Å². The van der Waals surface area contributed by atoms with Crippen LogP contribution in [0.15, 0.2) is 30.5 Å². The first-order valence-electron chi connectivity index (χ1n) is 7.30. The summed E-state index contributed by atoms with van der Waals surface area (Å²) >= 11 is 0. The van der Waals surface area contributed by atoms with Crippen molar-refractivity contribution in [3.8, 4) is 0 Å². The van der Waals surface area contributed by atoms with Crippen molar-refractivity contribution in [2.24, 2.45) is 0 Å². The fraction of sp³-hybridized carbons (Fsp3) is 0.375. The van der Waals surface area contributed by atoms with Gasteiger partial charge in [0.05, 0.1) is 5.69 Å². The molecule has 2 aromatic rings. The van der Waals surface area contributed by atoms with Gasteiger partial charge in [-0.2, -0.15) is 0 Å². The monoisotopic (exact) mass is 287 g/mol. The second-order valence-electron chi connectivity index (χ2n) is 4.91. The maximum absolute atomic E-state index is 10.8. The summed E-state index contributed by atoms with van der Waals surface area (Å²) in [5.41, 5.74) is 1.64. The Morgan fingerprint density at radius 2 is 2.05 bits per heavy atom. The minimum absolute atomic E-state index is 0.815. The molecule has 0 amide bonds. The zero-order valence-electron chi connectivity index (χ0n) is 12.5. The van der Waals surface area contributed by atoms with Crippen molar-refractivity contribution in [3.63, 3.8) is 0 Å². The van der Waals surface area contributed by atoms with Crippen molar-refractivity contribution in [2.75, 3.05) is 18.0 Å². The number of aliphatic carboxylic acids is 1. The summed E-state index contributed by atoms with van der Waals surface area (Å²) in [6.07, 6.45) is 6.74. The zero-order chi connectivity index (χ0) is 15.2. The topological polar surface area (TPSA) is 57.8 Å². The molecule has 21 heavy (non-hydrogen) atoms. The molecule has 0 aliphatic rings. The van der Waals surface area contributed by atoms with Gasteiger partial charge >= 0.3 is 5.97 Å². The Hall–Kier alpha value is -2.30. The molecule has 5 heteroatoms. The third-order valence-electron chi connectivity index (χ3n) is 3.22. The first-order chi connectivity index (χ1) is 10.2. The minimum Gasteiger partial charge on any atom is -0.478 e. The van der Waals surface area contributed by atoms with E-state index in [0.717, 1.165) is 49.2 Å². The molecular weight excluding hydrogens is 266 g/mol. The van der Waals surface area contributed by atoms with E-state index in [2.05, 4.69) is 23.7 Å². The molecule has 0 aliphatic carbocycles. The van der Waals surface area contributed by atoms with Crippen LogP contribution in [0.1, 0.15) is 32.4 Å². The molecule has 0 atom stereocenters. The number of pyridine rings is 1. The quantitative estimate of drug-likeness (QED) is 0.795. The van der Waals surface area contributed by atoms with Gasteiger partial charge in [0, 0.05) is 25.4 Å². The summed E-state index contributed by atoms with van der Waals surface area (Å²) in [5.74, 6) is -0.105. The fourth-order valence-electron chi connectivity index (χ4n) is 2.40. The van der Waals surface area contributed by atoms with Crippen molar-refractivity contribution < 1.29 is 9.90 Å². The first kappa shape index (κ1) is 15.1. The predicted octanol–water partition coefficient (Wildman–Crippen LogP) is 3.06. The maximum Gasteiger partial charge on any atom is 0.328 e. The second-order valence-corrected chi connectivity index (χ2v) is 4.91. The van der Waals surface area contributed by atoms with Gasteiger partial charge in [-0.25, -0.2) is 9.78 Å². The summed E-state index contributed by atoms with van der Waals surface area (Å²) in [6, 6.07) is 5.78. The Labute approximate surface area is 124 Å². The van der Waals surface area contributed by atoms with Gasteiger partial charge in [0.1, 0.15) is 5.65 Å². The van der Waals surface area contributed by atoms with Crippen LogP contribution < -0.4 is 4.90 Å². The first-order valence-corrected chi connectivity index (χ1v) is 7.30. The highest BCUT2D eigenvalue weighted by atomic mass is 16.4. The molecule has 0 bridgehead atoms. The molecule has 0 saturated heterocycles. The molecular formula is C16H21N3O2. The third kappa shape index (κ3) is 3.42. The van der Waals surface area contributed by atoms with Crippen molar-refractivity contribution in [3.05, 3.63) is 36.2 Å². The van der Waals surface area contributed by atoms with Crippen LogP contribution in [0.2, 0.25) is 0 Å². The van der Waals surface area contributed by atoms with Crippen LogP contribution >= 0.6 is 0 Å². The van der Waals surface area contributed by atoms with Crippen molar-refractivity contribution >= 4 is 23.5 Å². The van der Waals surface area contributed by atoms with Gasteiger partial charge in [-0.3, -0.25) is 4.40 Å². The van der Waals surface area contributed by atoms with Crippen LogP contribution in [0, 0.1) is 0 Å². The average molecular weight is 287 g/mol. The van der Waals surface area contributed by atoms with Gasteiger partial charge in [-0.05, 0) is 31.1 Å². The lowest BCUT2D eigenvalue weighted by molar-refractivity contribution is -0.131. The smallest absolute Gasteiger partial charge is 0.328 e. The summed E-state index contributed by atoms with van der Waals surface area (Å²) in [4.78, 5) is 17.7. The Balaban J connectivity index is 2.54. The van der Waals surface area contributed by atoms with E-state index in [-0.39, 0.29) is 0 Å². The van der Waals surface area contributed by atoms with E-state index >= 15 is 0 Å². The van der Waals surface area contributed by atoms with E-state index < -0.39 is 5.97 Å². The molecule has 0 spiro atoms. The van der Waals surface area contributed by atoms with Gasteiger partial charge in [-0.1, -0.05) is 19.9 Å². The number of anilines is 1. The Kier molecular flexibility index (Phi) is 4.98. The summed E-state index contributed by atoms with van der Waals surface area (Å²) in [5, 5.41) is 8.89. The number of nitrogens with zero attached hydrogens (tertiary/aromatic N) is 3. The number of fused-ring (bicyclic) bond motifs is 1. The SMILES string of the molecule is CCCN(CCC)c1nc2ccccn2c1/C=C/C(=O)O. The molecule has 0 aromatic carbocycles. The Morgan fingerprint density at radius 1 is 1.33 bits per heavy atom. The number of imidazole rings is 1. The number of carboxylic acids is 1. The molecule has 2 rings (SSSR count). The van der Waals surface area contributed by atoms with Crippen LogP contribution in [0.5, 0.6) is 0 Å². The summed E-state index contributed by atoms with van der Waals surface area (Å²) in [7, 11) is 0. The van der Waals surface area contributed by atoms with E-state index in [0.29, 0.717) is 0 Å². The van der Waals surface area contributed by atoms with E-state index in [4.69, 9.17) is 5.11 Å². The number of carboxylic acid groups (broad SMARTS) is 1. The molecule has 0 unspecified atom stereocenters. The lowest BCUT2D eigenvalue weighted by atomic mass is 10.3. The summed E-state index contributed by atoms with van der Waals surface area (Å²) in [6.45, 7) is 6.08. The van der Waals surface area contributed by atoms with Crippen molar-refractivity contribution in [1.82, 2.24) is 9.38 Å². The number of hydrogen-bond acceptors (Lipinski definition) is 3. The number of aromatic nitrogens is 2. The average Bonchev–Trinajstić information content (AvgIpc) is 2.83. The van der Waals surface area contributed by atoms with E-state index in [1.54, 1.807) is 6.08 Å². The zero-order valence-corrected chi connectivity index (χ0v) is 12.5. The van der Waals surface area contributed by atoms with Crippen LogP contribution in [-0.2, 0) is 4.79 Å². The number of rotatable bonds is 7. The van der Waals surface area contributed by atoms with Crippen LogP contribution in [0.25, 0.3) is 11.7 Å². The molecule has 5 nitrogen and oxygen atoms in total. The Morgan fingerprint density at radius 3 is 2.67 bits per heavy atom.